The number of carbonyl (C=O) groups excluding carboxylic acids is 1. The summed E-state index contributed by atoms with van der Waals surface area (Å²) in [6.07, 6.45) is 2.10. The molecule has 0 aliphatic carbocycles. The molecule has 2 N–H and O–H groups in total. The van der Waals surface area contributed by atoms with Gasteiger partial charge in [-0.2, -0.15) is 0 Å². The summed E-state index contributed by atoms with van der Waals surface area (Å²) in [5.41, 5.74) is 6.62. The first kappa shape index (κ1) is 16.7. The van der Waals surface area contributed by atoms with E-state index >= 15 is 0 Å². The molecular weight excluding hydrogens is 374 g/mol. The van der Waals surface area contributed by atoms with Crippen LogP contribution in [0, 0.1) is 0 Å². The highest BCUT2D eigenvalue weighted by molar-refractivity contribution is 8.01. The number of fused-ring (bicyclic) bond motifs is 1. The van der Waals surface area contributed by atoms with E-state index in [4.69, 9.17) is 10.7 Å². The van der Waals surface area contributed by atoms with Crippen molar-refractivity contribution in [1.29, 1.82) is 0 Å². The largest absolute Gasteiger partial charge is 0.374 e. The summed E-state index contributed by atoms with van der Waals surface area (Å²) in [5.74, 6) is 0.850. The van der Waals surface area contributed by atoms with Crippen LogP contribution < -0.4 is 5.73 Å². The average molecular weight is 392 g/mol. The Hall–Kier alpha value is -1.71. The lowest BCUT2D eigenvalue weighted by atomic mass is 9.99. The molecule has 1 atom stereocenters. The standard InChI is InChI=1S/C16H17N5OS3/c17-15-19-20-16(25-15)23-9-13(22)21-7-3-4-10(8-21)14-18-11-5-1-2-6-12(11)24-14/h1-2,5-6,10H,3-4,7-9H2,(H2,17,19)/t10-/m0/s1. The lowest BCUT2D eigenvalue weighted by Gasteiger charge is -2.31. The van der Waals surface area contributed by atoms with Crippen molar-refractivity contribution in [1.82, 2.24) is 20.1 Å². The summed E-state index contributed by atoms with van der Waals surface area (Å²) in [7, 11) is 0. The number of hydrogen-bond donors (Lipinski definition) is 1. The van der Waals surface area contributed by atoms with Crippen LogP contribution in [0.2, 0.25) is 0 Å². The van der Waals surface area contributed by atoms with E-state index in [0.717, 1.165) is 40.8 Å². The number of hydrogen-bond acceptors (Lipinski definition) is 8. The van der Waals surface area contributed by atoms with E-state index < -0.39 is 0 Å². The number of amides is 1. The predicted molar refractivity (Wildman–Crippen MR) is 103 cm³/mol. The minimum atomic E-state index is 0.143. The highest BCUT2D eigenvalue weighted by atomic mass is 32.2. The summed E-state index contributed by atoms with van der Waals surface area (Å²) in [6, 6.07) is 8.20. The molecule has 1 saturated heterocycles. The number of likely N-dealkylation sites (tertiary alicyclic amines) is 1. The molecule has 1 aliphatic heterocycles. The number of para-hydroxylation sites is 1. The summed E-state index contributed by atoms with van der Waals surface area (Å²) < 4.78 is 1.95. The quantitative estimate of drug-likeness (QED) is 0.687. The van der Waals surface area contributed by atoms with Crippen molar-refractivity contribution in [2.75, 3.05) is 24.6 Å². The van der Waals surface area contributed by atoms with Gasteiger partial charge in [0.05, 0.1) is 21.0 Å². The van der Waals surface area contributed by atoms with Gasteiger partial charge >= 0.3 is 0 Å². The van der Waals surface area contributed by atoms with Gasteiger partial charge in [-0.15, -0.1) is 21.5 Å². The van der Waals surface area contributed by atoms with Gasteiger partial charge in [-0.3, -0.25) is 4.79 Å². The molecule has 0 spiro atoms. The molecular formula is C16H17N5OS3. The monoisotopic (exact) mass is 391 g/mol. The third-order valence-corrected chi connectivity index (χ3v) is 7.24. The Morgan fingerprint density at radius 3 is 3.00 bits per heavy atom. The van der Waals surface area contributed by atoms with E-state index in [1.54, 1.807) is 11.3 Å². The van der Waals surface area contributed by atoms with Crippen LogP contribution in [0.3, 0.4) is 0 Å². The summed E-state index contributed by atoms with van der Waals surface area (Å²) >= 11 is 4.47. The van der Waals surface area contributed by atoms with Gasteiger partial charge < -0.3 is 10.6 Å². The molecule has 130 valence electrons. The highest BCUT2D eigenvalue weighted by Gasteiger charge is 2.27. The highest BCUT2D eigenvalue weighted by Crippen LogP contribution is 2.33. The molecule has 2 aromatic heterocycles. The molecule has 0 unspecified atom stereocenters. The molecule has 0 bridgehead atoms. The zero-order chi connectivity index (χ0) is 17.2. The molecule has 1 aromatic carbocycles. The SMILES string of the molecule is Nc1nnc(SCC(=O)N2CCC[C@H](c3nc4ccccc4s3)C2)s1. The molecule has 1 amide bonds. The maximum Gasteiger partial charge on any atom is 0.233 e. The number of carbonyl (C=O) groups is 1. The van der Waals surface area contributed by atoms with E-state index in [-0.39, 0.29) is 5.91 Å². The number of nitrogens with zero attached hydrogens (tertiary/aromatic N) is 4. The fourth-order valence-corrected chi connectivity index (χ4v) is 5.60. The van der Waals surface area contributed by atoms with Crippen molar-refractivity contribution in [3.63, 3.8) is 0 Å². The number of rotatable bonds is 4. The van der Waals surface area contributed by atoms with Gasteiger partial charge in [0.15, 0.2) is 4.34 Å². The third-order valence-electron chi connectivity index (χ3n) is 4.17. The van der Waals surface area contributed by atoms with Crippen molar-refractivity contribution in [3.8, 4) is 0 Å². The van der Waals surface area contributed by atoms with Gasteiger partial charge in [0.2, 0.25) is 11.0 Å². The number of thioether (sulfide) groups is 1. The van der Waals surface area contributed by atoms with Crippen molar-refractivity contribution >= 4 is 55.7 Å². The molecule has 0 radical (unpaired) electrons. The van der Waals surface area contributed by atoms with Crippen molar-refractivity contribution in [3.05, 3.63) is 29.3 Å². The molecule has 25 heavy (non-hydrogen) atoms. The summed E-state index contributed by atoms with van der Waals surface area (Å²) in [5, 5.41) is 9.30. The molecule has 9 heteroatoms. The molecule has 1 aliphatic rings. The first-order valence-corrected chi connectivity index (χ1v) is 10.7. The van der Waals surface area contributed by atoms with Crippen LogP contribution in [-0.2, 0) is 4.79 Å². The van der Waals surface area contributed by atoms with Gasteiger partial charge in [-0.1, -0.05) is 35.2 Å². The van der Waals surface area contributed by atoms with Gasteiger partial charge in [-0.25, -0.2) is 4.98 Å². The Labute approximate surface area is 157 Å². The van der Waals surface area contributed by atoms with Crippen LogP contribution in [0.25, 0.3) is 10.2 Å². The zero-order valence-corrected chi connectivity index (χ0v) is 15.9. The molecule has 3 aromatic rings. The van der Waals surface area contributed by atoms with Crippen molar-refractivity contribution in [2.24, 2.45) is 0 Å². The van der Waals surface area contributed by atoms with Gasteiger partial charge in [0.1, 0.15) is 0 Å². The Morgan fingerprint density at radius 2 is 2.20 bits per heavy atom. The topological polar surface area (TPSA) is 85.0 Å². The molecule has 0 saturated carbocycles. The van der Waals surface area contributed by atoms with E-state index in [1.165, 1.54) is 27.8 Å². The smallest absolute Gasteiger partial charge is 0.233 e. The van der Waals surface area contributed by atoms with E-state index in [9.17, 15) is 4.79 Å². The average Bonchev–Trinajstić information content (AvgIpc) is 3.25. The van der Waals surface area contributed by atoms with Gasteiger partial charge in [0, 0.05) is 19.0 Å². The number of benzene rings is 1. The molecule has 3 heterocycles. The maximum atomic E-state index is 12.5. The predicted octanol–water partition coefficient (Wildman–Crippen LogP) is 3.23. The lowest BCUT2D eigenvalue weighted by Crippen LogP contribution is -2.40. The van der Waals surface area contributed by atoms with Crippen LogP contribution >= 0.6 is 34.4 Å². The van der Waals surface area contributed by atoms with Gasteiger partial charge in [0.25, 0.3) is 0 Å². The Balaban J connectivity index is 1.40. The minimum absolute atomic E-state index is 0.143. The first-order valence-electron chi connectivity index (χ1n) is 8.04. The van der Waals surface area contributed by atoms with Crippen LogP contribution in [0.1, 0.15) is 23.8 Å². The fraction of sp³-hybridized carbons (Fsp3) is 0.375. The van der Waals surface area contributed by atoms with E-state index in [1.807, 2.05) is 23.1 Å². The molecule has 1 fully saturated rings. The Kier molecular flexibility index (Phi) is 4.87. The van der Waals surface area contributed by atoms with Crippen LogP contribution in [0.5, 0.6) is 0 Å². The normalized spacial score (nSPS) is 17.9. The van der Waals surface area contributed by atoms with Crippen molar-refractivity contribution < 1.29 is 4.79 Å². The van der Waals surface area contributed by atoms with E-state index in [2.05, 4.69) is 16.3 Å². The number of nitrogen functional groups attached to an aromatic ring is 1. The summed E-state index contributed by atoms with van der Waals surface area (Å²) in [4.78, 5) is 19.3. The first-order chi connectivity index (χ1) is 12.2. The van der Waals surface area contributed by atoms with Crippen LogP contribution in [0.4, 0.5) is 5.13 Å². The van der Waals surface area contributed by atoms with Crippen LogP contribution in [-0.4, -0.2) is 44.8 Å². The lowest BCUT2D eigenvalue weighted by molar-refractivity contribution is -0.129. The third kappa shape index (κ3) is 3.78. The number of anilines is 1. The second-order valence-electron chi connectivity index (χ2n) is 5.89. The number of piperidine rings is 1. The Morgan fingerprint density at radius 1 is 1.32 bits per heavy atom. The molecule has 4 rings (SSSR count). The number of nitrogens with two attached hydrogens (primary N) is 1. The van der Waals surface area contributed by atoms with E-state index in [0.29, 0.717) is 16.8 Å². The minimum Gasteiger partial charge on any atom is -0.374 e. The maximum absolute atomic E-state index is 12.5. The number of aromatic nitrogens is 3. The second kappa shape index (κ2) is 7.27. The van der Waals surface area contributed by atoms with Crippen molar-refractivity contribution in [2.45, 2.75) is 23.1 Å². The van der Waals surface area contributed by atoms with Crippen LogP contribution in [0.15, 0.2) is 28.6 Å². The zero-order valence-electron chi connectivity index (χ0n) is 13.4. The summed E-state index contributed by atoms with van der Waals surface area (Å²) in [6.45, 7) is 1.57. The second-order valence-corrected chi connectivity index (χ2v) is 9.19. The van der Waals surface area contributed by atoms with Gasteiger partial charge in [-0.05, 0) is 25.0 Å². The number of thiazole rings is 1. The Bertz CT molecular complexity index is 860. The fourth-order valence-electron chi connectivity index (χ4n) is 2.96. The molecule has 6 nitrogen and oxygen atoms in total.